The Morgan fingerprint density at radius 3 is 2.76 bits per heavy atom. The Morgan fingerprint density at radius 2 is 2.12 bits per heavy atom. The predicted molar refractivity (Wildman–Crippen MR) is 66.7 cm³/mol. The fourth-order valence-corrected chi connectivity index (χ4v) is 2.61. The van der Waals surface area contributed by atoms with Crippen molar-refractivity contribution in [3.63, 3.8) is 0 Å². The first kappa shape index (κ1) is 12.1. The Balaban J connectivity index is 1.94. The zero-order chi connectivity index (χ0) is 12.3. The summed E-state index contributed by atoms with van der Waals surface area (Å²) in [6, 6.07) is 10.7. The summed E-state index contributed by atoms with van der Waals surface area (Å²) < 4.78 is 0. The fraction of sp³-hybridized carbons (Fsp3) is 0.500. The molecular weight excluding hydrogens is 214 g/mol. The Morgan fingerprint density at radius 1 is 1.41 bits per heavy atom. The van der Waals surface area contributed by atoms with Gasteiger partial charge in [-0.2, -0.15) is 0 Å². The second-order valence-corrected chi connectivity index (χ2v) is 4.84. The number of hydrogen-bond donors (Lipinski definition) is 1. The Bertz CT molecular complexity index is 377. The van der Waals surface area contributed by atoms with E-state index in [0.29, 0.717) is 18.4 Å². The highest BCUT2D eigenvalue weighted by Crippen LogP contribution is 2.28. The van der Waals surface area contributed by atoms with Gasteiger partial charge >= 0.3 is 5.97 Å². The van der Waals surface area contributed by atoms with Gasteiger partial charge in [0.15, 0.2) is 0 Å². The molecule has 1 aliphatic rings. The first-order valence-corrected chi connectivity index (χ1v) is 6.16. The minimum Gasteiger partial charge on any atom is -0.481 e. The van der Waals surface area contributed by atoms with Gasteiger partial charge in [0, 0.05) is 19.0 Å². The van der Waals surface area contributed by atoms with Gasteiger partial charge in [0.25, 0.3) is 0 Å². The molecule has 0 aromatic heterocycles. The molecule has 1 heterocycles. The van der Waals surface area contributed by atoms with Crippen molar-refractivity contribution in [2.24, 2.45) is 5.92 Å². The molecule has 0 unspecified atom stereocenters. The standard InChI is InChI=1S/C14H19NO2/c1-11-13(9-14(16)17)7-8-15(11)10-12-5-3-2-4-6-12/h2-6,11,13H,7-10H2,1H3,(H,16,17)/t11-,13-/m1/s1. The van der Waals surface area contributed by atoms with Crippen LogP contribution in [0.5, 0.6) is 0 Å². The van der Waals surface area contributed by atoms with Crippen LogP contribution in [0.3, 0.4) is 0 Å². The molecule has 92 valence electrons. The van der Waals surface area contributed by atoms with Gasteiger partial charge < -0.3 is 5.11 Å². The molecule has 1 N–H and O–H groups in total. The topological polar surface area (TPSA) is 40.5 Å². The van der Waals surface area contributed by atoms with Crippen LogP contribution >= 0.6 is 0 Å². The van der Waals surface area contributed by atoms with E-state index in [4.69, 9.17) is 5.11 Å². The van der Waals surface area contributed by atoms with E-state index in [-0.39, 0.29) is 0 Å². The van der Waals surface area contributed by atoms with E-state index in [1.807, 2.05) is 18.2 Å². The number of likely N-dealkylation sites (tertiary alicyclic amines) is 1. The molecule has 1 aromatic carbocycles. The number of benzene rings is 1. The lowest BCUT2D eigenvalue weighted by molar-refractivity contribution is -0.138. The van der Waals surface area contributed by atoms with E-state index in [9.17, 15) is 4.79 Å². The van der Waals surface area contributed by atoms with Gasteiger partial charge in [-0.3, -0.25) is 9.69 Å². The molecule has 1 fully saturated rings. The van der Waals surface area contributed by atoms with Crippen LogP contribution in [-0.2, 0) is 11.3 Å². The number of rotatable bonds is 4. The zero-order valence-corrected chi connectivity index (χ0v) is 10.2. The summed E-state index contributed by atoms with van der Waals surface area (Å²) in [4.78, 5) is 13.1. The summed E-state index contributed by atoms with van der Waals surface area (Å²) in [5.74, 6) is -0.375. The van der Waals surface area contributed by atoms with Crippen molar-refractivity contribution in [1.82, 2.24) is 4.90 Å². The summed E-state index contributed by atoms with van der Waals surface area (Å²) >= 11 is 0. The summed E-state index contributed by atoms with van der Waals surface area (Å²) in [7, 11) is 0. The fourth-order valence-electron chi connectivity index (χ4n) is 2.61. The number of carbonyl (C=O) groups is 1. The molecule has 2 atom stereocenters. The van der Waals surface area contributed by atoms with Gasteiger partial charge in [-0.05, 0) is 31.4 Å². The van der Waals surface area contributed by atoms with E-state index < -0.39 is 5.97 Å². The third-order valence-electron chi connectivity index (χ3n) is 3.71. The number of nitrogens with zero attached hydrogens (tertiary/aromatic N) is 1. The highest BCUT2D eigenvalue weighted by molar-refractivity contribution is 5.67. The van der Waals surface area contributed by atoms with Gasteiger partial charge in [-0.1, -0.05) is 30.3 Å². The van der Waals surface area contributed by atoms with Crippen LogP contribution in [0.15, 0.2) is 30.3 Å². The molecule has 0 spiro atoms. The Hall–Kier alpha value is -1.35. The maximum Gasteiger partial charge on any atom is 0.303 e. The lowest BCUT2D eigenvalue weighted by Crippen LogP contribution is -2.30. The van der Waals surface area contributed by atoms with Gasteiger partial charge in [0.2, 0.25) is 0 Å². The number of carboxylic acid groups (broad SMARTS) is 1. The van der Waals surface area contributed by atoms with Gasteiger partial charge in [-0.25, -0.2) is 0 Å². The Labute approximate surface area is 102 Å². The van der Waals surface area contributed by atoms with Crippen LogP contribution in [0.25, 0.3) is 0 Å². The van der Waals surface area contributed by atoms with Crippen LogP contribution < -0.4 is 0 Å². The maximum atomic E-state index is 10.7. The van der Waals surface area contributed by atoms with Crippen LogP contribution in [0, 0.1) is 5.92 Å². The normalized spacial score (nSPS) is 25.0. The quantitative estimate of drug-likeness (QED) is 0.868. The molecule has 0 bridgehead atoms. The summed E-state index contributed by atoms with van der Waals surface area (Å²) in [5, 5.41) is 8.85. The second-order valence-electron chi connectivity index (χ2n) is 4.84. The molecule has 3 nitrogen and oxygen atoms in total. The molecule has 0 aliphatic carbocycles. The van der Waals surface area contributed by atoms with Crippen LogP contribution in [0.4, 0.5) is 0 Å². The van der Waals surface area contributed by atoms with Crippen molar-refractivity contribution in [1.29, 1.82) is 0 Å². The molecular formula is C14H19NO2. The maximum absolute atomic E-state index is 10.7. The molecule has 1 aromatic rings. The predicted octanol–water partition coefficient (Wildman–Crippen LogP) is 2.37. The van der Waals surface area contributed by atoms with Crippen molar-refractivity contribution in [3.05, 3.63) is 35.9 Å². The molecule has 0 amide bonds. The average molecular weight is 233 g/mol. The molecule has 0 radical (unpaired) electrons. The first-order valence-electron chi connectivity index (χ1n) is 6.16. The number of hydrogen-bond acceptors (Lipinski definition) is 2. The van der Waals surface area contributed by atoms with Crippen molar-refractivity contribution in [2.75, 3.05) is 6.54 Å². The van der Waals surface area contributed by atoms with Gasteiger partial charge in [-0.15, -0.1) is 0 Å². The van der Waals surface area contributed by atoms with Gasteiger partial charge in [0.05, 0.1) is 0 Å². The second kappa shape index (κ2) is 5.32. The van der Waals surface area contributed by atoms with Crippen LogP contribution in [-0.4, -0.2) is 28.6 Å². The van der Waals surface area contributed by atoms with E-state index in [2.05, 4.69) is 24.0 Å². The van der Waals surface area contributed by atoms with Crippen LogP contribution in [0.1, 0.15) is 25.3 Å². The van der Waals surface area contributed by atoms with Crippen molar-refractivity contribution < 1.29 is 9.90 Å². The van der Waals surface area contributed by atoms with Crippen molar-refractivity contribution in [2.45, 2.75) is 32.4 Å². The average Bonchev–Trinajstić information content (AvgIpc) is 2.62. The highest BCUT2D eigenvalue weighted by Gasteiger charge is 2.31. The molecule has 2 rings (SSSR count). The monoisotopic (exact) mass is 233 g/mol. The van der Waals surface area contributed by atoms with E-state index in [1.54, 1.807) is 0 Å². The third kappa shape index (κ3) is 3.07. The van der Waals surface area contributed by atoms with E-state index >= 15 is 0 Å². The smallest absolute Gasteiger partial charge is 0.303 e. The number of aliphatic carboxylic acids is 1. The summed E-state index contributed by atoms with van der Waals surface area (Å²) in [6.07, 6.45) is 1.30. The highest BCUT2D eigenvalue weighted by atomic mass is 16.4. The minimum atomic E-state index is -0.677. The molecule has 17 heavy (non-hydrogen) atoms. The molecule has 0 saturated carbocycles. The molecule has 1 saturated heterocycles. The third-order valence-corrected chi connectivity index (χ3v) is 3.71. The Kier molecular flexibility index (Phi) is 3.79. The SMILES string of the molecule is C[C@@H]1[C@@H](CC(=O)O)CCN1Cc1ccccc1. The zero-order valence-electron chi connectivity index (χ0n) is 10.2. The summed E-state index contributed by atoms with van der Waals surface area (Å²) in [6.45, 7) is 4.08. The van der Waals surface area contributed by atoms with Crippen molar-refractivity contribution in [3.8, 4) is 0 Å². The van der Waals surface area contributed by atoms with E-state index in [1.165, 1.54) is 5.56 Å². The molecule has 3 heteroatoms. The van der Waals surface area contributed by atoms with Crippen molar-refractivity contribution >= 4 is 5.97 Å². The lowest BCUT2D eigenvalue weighted by Gasteiger charge is -2.24. The van der Waals surface area contributed by atoms with Gasteiger partial charge in [0.1, 0.15) is 0 Å². The first-order chi connectivity index (χ1) is 8.16. The molecule has 1 aliphatic heterocycles. The largest absolute Gasteiger partial charge is 0.481 e. The van der Waals surface area contributed by atoms with Crippen LogP contribution in [0.2, 0.25) is 0 Å². The number of carboxylic acids is 1. The minimum absolute atomic E-state index is 0.298. The van der Waals surface area contributed by atoms with E-state index in [0.717, 1.165) is 19.5 Å². The lowest BCUT2D eigenvalue weighted by atomic mass is 9.98. The summed E-state index contributed by atoms with van der Waals surface area (Å²) in [5.41, 5.74) is 1.30.